The molecule has 148 valence electrons. The second kappa shape index (κ2) is 10.5. The molecule has 27 heavy (non-hydrogen) atoms. The minimum Gasteiger partial charge on any atom is -0.460 e. The molecule has 0 amide bonds. The molecule has 0 spiro atoms. The Morgan fingerprint density at radius 1 is 1.26 bits per heavy atom. The van der Waals surface area contributed by atoms with Crippen LogP contribution in [-0.2, 0) is 14.3 Å². The molecule has 1 aliphatic carbocycles. The molecule has 1 aromatic carbocycles. The minimum atomic E-state index is -0.713. The fourth-order valence-electron chi connectivity index (χ4n) is 3.77. The molecule has 0 heterocycles. The third kappa shape index (κ3) is 6.66. The molecule has 0 saturated heterocycles. The lowest BCUT2D eigenvalue weighted by Crippen LogP contribution is -2.39. The van der Waals surface area contributed by atoms with Crippen molar-refractivity contribution in [1.29, 1.82) is 0 Å². The van der Waals surface area contributed by atoms with Gasteiger partial charge in [-0.05, 0) is 48.7 Å². The van der Waals surface area contributed by atoms with Crippen LogP contribution >= 0.6 is 0 Å². The molecule has 3 nitrogen and oxygen atoms in total. The molecular formula is C24H34O3. The largest absolute Gasteiger partial charge is 0.460 e. The third-order valence-electron chi connectivity index (χ3n) is 5.36. The highest BCUT2D eigenvalue weighted by Gasteiger charge is 2.35. The van der Waals surface area contributed by atoms with E-state index in [0.717, 1.165) is 18.4 Å². The first-order valence-electron chi connectivity index (χ1n) is 10.1. The lowest BCUT2D eigenvalue weighted by molar-refractivity contribution is -0.166. The van der Waals surface area contributed by atoms with Gasteiger partial charge in [-0.1, -0.05) is 76.3 Å². The zero-order valence-electron chi connectivity index (χ0n) is 17.2. The van der Waals surface area contributed by atoms with Gasteiger partial charge in [0.15, 0.2) is 6.10 Å². The van der Waals surface area contributed by atoms with Crippen LogP contribution in [-0.4, -0.2) is 24.8 Å². The van der Waals surface area contributed by atoms with Crippen LogP contribution in [0.1, 0.15) is 52.5 Å². The number of esters is 1. The molecule has 1 aliphatic rings. The molecule has 0 aromatic heterocycles. The molecule has 4 atom stereocenters. The van der Waals surface area contributed by atoms with Crippen molar-refractivity contribution in [2.24, 2.45) is 17.8 Å². The van der Waals surface area contributed by atoms with Crippen molar-refractivity contribution in [3.05, 3.63) is 54.1 Å². The molecule has 1 aromatic rings. The predicted octanol–water partition coefficient (Wildman–Crippen LogP) is 5.67. The first-order chi connectivity index (χ1) is 12.9. The van der Waals surface area contributed by atoms with Crippen molar-refractivity contribution in [3.63, 3.8) is 0 Å². The average molecular weight is 371 g/mol. The molecule has 1 unspecified atom stereocenters. The van der Waals surface area contributed by atoms with Gasteiger partial charge in [0.05, 0.1) is 6.61 Å². The normalized spacial score (nSPS) is 24.1. The van der Waals surface area contributed by atoms with E-state index in [1.807, 2.05) is 49.4 Å². The summed E-state index contributed by atoms with van der Waals surface area (Å²) >= 11 is 0. The van der Waals surface area contributed by atoms with Crippen molar-refractivity contribution in [2.45, 2.75) is 59.2 Å². The molecule has 2 rings (SSSR count). The van der Waals surface area contributed by atoms with Gasteiger partial charge in [0.2, 0.25) is 0 Å². The standard InChI is InChI=1S/C24H34O3/c1-17(2)21-14-13-19(5)16-22(21)27-24(25)23(18(3)4)26-15-9-12-20-10-7-6-8-11-20/h6-12,17,19,21-23H,3,13-16H2,1-2,4-5H3/b12-9+/t19-,21+,22-,23?/m1/s1. The molecule has 0 radical (unpaired) electrons. The zero-order valence-corrected chi connectivity index (χ0v) is 17.2. The Hall–Kier alpha value is -1.87. The van der Waals surface area contributed by atoms with Crippen molar-refractivity contribution in [2.75, 3.05) is 6.61 Å². The highest BCUT2D eigenvalue weighted by Crippen LogP contribution is 2.35. The first-order valence-corrected chi connectivity index (χ1v) is 10.1. The van der Waals surface area contributed by atoms with Crippen molar-refractivity contribution < 1.29 is 14.3 Å². The van der Waals surface area contributed by atoms with Gasteiger partial charge in [0.1, 0.15) is 6.10 Å². The van der Waals surface area contributed by atoms with Gasteiger partial charge in [0, 0.05) is 0 Å². The Morgan fingerprint density at radius 3 is 2.59 bits per heavy atom. The zero-order chi connectivity index (χ0) is 19.8. The molecule has 1 saturated carbocycles. The van der Waals surface area contributed by atoms with Gasteiger partial charge in [-0.3, -0.25) is 0 Å². The lowest BCUT2D eigenvalue weighted by Gasteiger charge is -2.37. The van der Waals surface area contributed by atoms with Crippen molar-refractivity contribution in [3.8, 4) is 0 Å². The predicted molar refractivity (Wildman–Crippen MR) is 111 cm³/mol. The van der Waals surface area contributed by atoms with Crippen LogP contribution in [0.25, 0.3) is 6.08 Å². The maximum Gasteiger partial charge on any atom is 0.339 e. The van der Waals surface area contributed by atoms with Gasteiger partial charge >= 0.3 is 5.97 Å². The second-order valence-corrected chi connectivity index (χ2v) is 8.17. The van der Waals surface area contributed by atoms with E-state index in [1.54, 1.807) is 0 Å². The molecule has 0 N–H and O–H groups in total. The lowest BCUT2D eigenvalue weighted by atomic mass is 9.75. The van der Waals surface area contributed by atoms with Gasteiger partial charge in [-0.25, -0.2) is 4.79 Å². The van der Waals surface area contributed by atoms with Crippen LogP contribution in [0.15, 0.2) is 48.6 Å². The first kappa shape index (κ1) is 21.4. The average Bonchev–Trinajstić information content (AvgIpc) is 2.61. The quantitative estimate of drug-likeness (QED) is 0.437. The van der Waals surface area contributed by atoms with Crippen LogP contribution in [0.5, 0.6) is 0 Å². The number of benzene rings is 1. The maximum absolute atomic E-state index is 12.8. The minimum absolute atomic E-state index is 0.0217. The summed E-state index contributed by atoms with van der Waals surface area (Å²) in [6.07, 6.45) is 6.43. The van der Waals surface area contributed by atoms with E-state index < -0.39 is 6.10 Å². The van der Waals surface area contributed by atoms with Gasteiger partial charge < -0.3 is 9.47 Å². The van der Waals surface area contributed by atoms with E-state index in [4.69, 9.17) is 9.47 Å². The Labute approximate surface area is 164 Å². The highest BCUT2D eigenvalue weighted by molar-refractivity contribution is 5.78. The van der Waals surface area contributed by atoms with Gasteiger partial charge in [-0.15, -0.1) is 0 Å². The van der Waals surface area contributed by atoms with Crippen molar-refractivity contribution >= 4 is 12.0 Å². The summed E-state index contributed by atoms with van der Waals surface area (Å²) in [7, 11) is 0. The molecule has 3 heteroatoms. The summed E-state index contributed by atoms with van der Waals surface area (Å²) in [6.45, 7) is 12.7. The topological polar surface area (TPSA) is 35.5 Å². The van der Waals surface area contributed by atoms with E-state index in [1.165, 1.54) is 6.42 Å². The highest BCUT2D eigenvalue weighted by atomic mass is 16.6. The Balaban J connectivity index is 1.93. The van der Waals surface area contributed by atoms with Crippen LogP contribution in [0.3, 0.4) is 0 Å². The van der Waals surface area contributed by atoms with Crippen LogP contribution in [0.4, 0.5) is 0 Å². The Kier molecular flexibility index (Phi) is 8.30. The summed E-state index contributed by atoms with van der Waals surface area (Å²) in [6, 6.07) is 10.0. The summed E-state index contributed by atoms with van der Waals surface area (Å²) in [5.41, 5.74) is 1.78. The fraction of sp³-hybridized carbons (Fsp3) is 0.542. The molecule has 1 fully saturated rings. The van der Waals surface area contributed by atoms with E-state index in [2.05, 4.69) is 27.4 Å². The molecule has 0 bridgehead atoms. The Bertz CT molecular complexity index is 632. The van der Waals surface area contributed by atoms with E-state index >= 15 is 0 Å². The maximum atomic E-state index is 12.8. The van der Waals surface area contributed by atoms with Gasteiger partial charge in [-0.2, -0.15) is 0 Å². The Morgan fingerprint density at radius 2 is 1.96 bits per heavy atom. The second-order valence-electron chi connectivity index (χ2n) is 8.17. The number of carbonyl (C=O) groups excluding carboxylic acids is 1. The van der Waals surface area contributed by atoms with Crippen LogP contribution < -0.4 is 0 Å². The molecular weight excluding hydrogens is 336 g/mol. The summed E-state index contributed by atoms with van der Waals surface area (Å²) in [4.78, 5) is 12.8. The number of hydrogen-bond acceptors (Lipinski definition) is 3. The SMILES string of the molecule is C=C(C)C(OC/C=C/c1ccccc1)C(=O)O[C@@H]1C[C@H](C)CC[C@H]1C(C)C. The fourth-order valence-corrected chi connectivity index (χ4v) is 3.77. The van der Waals surface area contributed by atoms with E-state index in [0.29, 0.717) is 29.9 Å². The monoisotopic (exact) mass is 370 g/mol. The van der Waals surface area contributed by atoms with Gasteiger partial charge in [0.25, 0.3) is 0 Å². The number of ether oxygens (including phenoxy) is 2. The van der Waals surface area contributed by atoms with E-state index in [-0.39, 0.29) is 12.1 Å². The van der Waals surface area contributed by atoms with Crippen LogP contribution in [0.2, 0.25) is 0 Å². The number of carbonyl (C=O) groups is 1. The number of rotatable bonds is 8. The van der Waals surface area contributed by atoms with Crippen molar-refractivity contribution in [1.82, 2.24) is 0 Å². The van der Waals surface area contributed by atoms with E-state index in [9.17, 15) is 4.79 Å². The smallest absolute Gasteiger partial charge is 0.339 e. The van der Waals surface area contributed by atoms with Crippen LogP contribution in [0, 0.1) is 17.8 Å². The number of hydrogen-bond donors (Lipinski definition) is 0. The third-order valence-corrected chi connectivity index (χ3v) is 5.36. The summed E-state index contributed by atoms with van der Waals surface area (Å²) in [5.74, 6) is 1.22. The summed E-state index contributed by atoms with van der Waals surface area (Å²) in [5, 5.41) is 0. The summed E-state index contributed by atoms with van der Waals surface area (Å²) < 4.78 is 11.7. The molecule has 0 aliphatic heterocycles.